The second kappa shape index (κ2) is 8.78. The van der Waals surface area contributed by atoms with Crippen LogP contribution in [-0.2, 0) is 13.5 Å². The highest BCUT2D eigenvalue weighted by atomic mass is 16.3. The molecule has 1 aromatic heterocycles. The molecule has 1 aromatic rings. The van der Waals surface area contributed by atoms with Crippen LogP contribution < -0.4 is 10.6 Å². The average Bonchev–Trinajstić information content (AvgIpc) is 2.71. The monoisotopic (exact) mass is 309 g/mol. The maximum atomic E-state index is 9.10. The first-order valence-electron chi connectivity index (χ1n) is 8.03. The van der Waals surface area contributed by atoms with Gasteiger partial charge < -0.3 is 15.7 Å². The van der Waals surface area contributed by atoms with Crippen LogP contribution in [0.15, 0.2) is 4.99 Å². The minimum Gasteiger partial charge on any atom is -0.396 e. The highest BCUT2D eigenvalue weighted by Gasteiger charge is 2.14. The summed E-state index contributed by atoms with van der Waals surface area (Å²) in [5, 5.41) is 20.2. The number of aryl methyl sites for hydroxylation is 2. The van der Waals surface area contributed by atoms with Crippen molar-refractivity contribution in [3.05, 3.63) is 17.0 Å². The SMILES string of the molecule is CCNC(=NCC(C)CO)NC(C)Cc1c(C)nn(C)c1C. The molecule has 0 aliphatic carbocycles. The maximum Gasteiger partial charge on any atom is 0.191 e. The van der Waals surface area contributed by atoms with Gasteiger partial charge in [-0.25, -0.2) is 0 Å². The predicted octanol–water partition coefficient (Wildman–Crippen LogP) is 1.15. The summed E-state index contributed by atoms with van der Waals surface area (Å²) in [5.74, 6) is 0.975. The molecule has 2 atom stereocenters. The van der Waals surface area contributed by atoms with E-state index in [9.17, 15) is 0 Å². The molecule has 6 heteroatoms. The summed E-state index contributed by atoms with van der Waals surface area (Å²) in [5.41, 5.74) is 3.59. The summed E-state index contributed by atoms with van der Waals surface area (Å²) in [6.07, 6.45) is 0.908. The molecule has 0 spiro atoms. The first-order chi connectivity index (χ1) is 10.4. The van der Waals surface area contributed by atoms with Crippen molar-refractivity contribution in [3.8, 4) is 0 Å². The summed E-state index contributed by atoms with van der Waals surface area (Å²) in [7, 11) is 1.98. The van der Waals surface area contributed by atoms with E-state index in [1.807, 2.05) is 25.6 Å². The molecule has 0 saturated heterocycles. The highest BCUT2D eigenvalue weighted by Crippen LogP contribution is 2.14. The minimum absolute atomic E-state index is 0.159. The average molecular weight is 309 g/mol. The number of rotatable bonds is 7. The molecule has 2 unspecified atom stereocenters. The molecule has 1 heterocycles. The van der Waals surface area contributed by atoms with Gasteiger partial charge in [-0.3, -0.25) is 9.67 Å². The van der Waals surface area contributed by atoms with E-state index < -0.39 is 0 Å². The predicted molar refractivity (Wildman–Crippen MR) is 91.2 cm³/mol. The Hall–Kier alpha value is -1.56. The van der Waals surface area contributed by atoms with E-state index in [1.54, 1.807) is 0 Å². The normalized spacial score (nSPS) is 14.8. The molecule has 6 nitrogen and oxygen atoms in total. The van der Waals surface area contributed by atoms with Crippen molar-refractivity contribution in [2.75, 3.05) is 19.7 Å². The van der Waals surface area contributed by atoms with Gasteiger partial charge in [-0.2, -0.15) is 5.10 Å². The Labute approximate surface area is 134 Å². The van der Waals surface area contributed by atoms with E-state index in [0.717, 1.165) is 24.6 Å². The fraction of sp³-hybridized carbons (Fsp3) is 0.750. The molecule has 126 valence electrons. The van der Waals surface area contributed by atoms with E-state index in [2.05, 4.69) is 41.5 Å². The van der Waals surface area contributed by atoms with Gasteiger partial charge in [-0.05, 0) is 45.6 Å². The number of hydrogen-bond acceptors (Lipinski definition) is 3. The fourth-order valence-corrected chi connectivity index (χ4v) is 2.33. The summed E-state index contributed by atoms with van der Waals surface area (Å²) in [6, 6.07) is 0.254. The Bertz CT molecular complexity index is 495. The molecule has 0 aliphatic rings. The quantitative estimate of drug-likeness (QED) is 0.522. The van der Waals surface area contributed by atoms with Crippen molar-refractivity contribution in [1.82, 2.24) is 20.4 Å². The number of aliphatic imine (C=N–C) groups is 1. The van der Waals surface area contributed by atoms with Crippen LogP contribution in [0.4, 0.5) is 0 Å². The minimum atomic E-state index is 0.159. The molecule has 0 fully saturated rings. The number of guanidine groups is 1. The van der Waals surface area contributed by atoms with Crippen LogP contribution in [0.2, 0.25) is 0 Å². The smallest absolute Gasteiger partial charge is 0.191 e. The standard InChI is InChI=1S/C16H31N5O/c1-7-17-16(18-9-11(2)10-22)19-12(3)8-15-13(4)20-21(6)14(15)5/h11-12,22H,7-10H2,1-6H3,(H2,17,18,19). The van der Waals surface area contributed by atoms with Crippen molar-refractivity contribution >= 4 is 5.96 Å². The molecule has 0 aliphatic heterocycles. The highest BCUT2D eigenvalue weighted by molar-refractivity contribution is 5.80. The molecule has 0 bridgehead atoms. The fourth-order valence-electron chi connectivity index (χ4n) is 2.33. The van der Waals surface area contributed by atoms with Crippen molar-refractivity contribution in [3.63, 3.8) is 0 Å². The third-order valence-electron chi connectivity index (χ3n) is 3.77. The first-order valence-corrected chi connectivity index (χ1v) is 8.03. The second-order valence-corrected chi connectivity index (χ2v) is 6.03. The number of nitrogens with zero attached hydrogens (tertiary/aromatic N) is 3. The summed E-state index contributed by atoms with van der Waals surface area (Å²) in [6.45, 7) is 11.9. The van der Waals surface area contributed by atoms with Crippen molar-refractivity contribution in [2.45, 2.75) is 47.1 Å². The van der Waals surface area contributed by atoms with Gasteiger partial charge in [0.15, 0.2) is 5.96 Å². The van der Waals surface area contributed by atoms with Crippen LogP contribution in [-0.4, -0.2) is 46.6 Å². The van der Waals surface area contributed by atoms with Crippen molar-refractivity contribution < 1.29 is 5.11 Å². The van der Waals surface area contributed by atoms with Gasteiger partial charge in [0.2, 0.25) is 0 Å². The Kier molecular flexibility index (Phi) is 7.38. The summed E-state index contributed by atoms with van der Waals surface area (Å²) >= 11 is 0. The van der Waals surface area contributed by atoms with E-state index in [0.29, 0.717) is 6.54 Å². The number of hydrogen-bond donors (Lipinski definition) is 3. The summed E-state index contributed by atoms with van der Waals surface area (Å²) < 4.78 is 1.93. The van der Waals surface area contributed by atoms with E-state index >= 15 is 0 Å². The lowest BCUT2D eigenvalue weighted by Crippen LogP contribution is -2.43. The van der Waals surface area contributed by atoms with Gasteiger partial charge in [0.25, 0.3) is 0 Å². The van der Waals surface area contributed by atoms with Crippen LogP contribution in [0.25, 0.3) is 0 Å². The van der Waals surface area contributed by atoms with Gasteiger partial charge in [0.05, 0.1) is 5.69 Å². The molecule has 0 amide bonds. The lowest BCUT2D eigenvalue weighted by molar-refractivity contribution is 0.241. The van der Waals surface area contributed by atoms with Gasteiger partial charge >= 0.3 is 0 Å². The Morgan fingerprint density at radius 2 is 2.05 bits per heavy atom. The van der Waals surface area contributed by atoms with E-state index in [1.165, 1.54) is 11.3 Å². The molecular weight excluding hydrogens is 278 g/mol. The first kappa shape index (κ1) is 18.5. The third-order valence-corrected chi connectivity index (χ3v) is 3.77. The zero-order valence-electron chi connectivity index (χ0n) is 14.8. The topological polar surface area (TPSA) is 74.5 Å². The van der Waals surface area contributed by atoms with Crippen molar-refractivity contribution in [2.24, 2.45) is 18.0 Å². The summed E-state index contributed by atoms with van der Waals surface area (Å²) in [4.78, 5) is 4.53. The number of nitrogens with one attached hydrogen (secondary N) is 2. The molecule has 22 heavy (non-hydrogen) atoms. The molecule has 0 aromatic carbocycles. The van der Waals surface area contributed by atoms with Gasteiger partial charge in [-0.15, -0.1) is 0 Å². The van der Waals surface area contributed by atoms with Crippen molar-refractivity contribution in [1.29, 1.82) is 0 Å². The van der Waals surface area contributed by atoms with Gasteiger partial charge in [-0.1, -0.05) is 6.92 Å². The van der Waals surface area contributed by atoms with Crippen LogP contribution in [0.3, 0.4) is 0 Å². The lowest BCUT2D eigenvalue weighted by atomic mass is 10.1. The Morgan fingerprint density at radius 1 is 1.36 bits per heavy atom. The molecular formula is C16H31N5O. The van der Waals surface area contributed by atoms with Gasteiger partial charge in [0, 0.05) is 38.5 Å². The zero-order valence-corrected chi connectivity index (χ0v) is 14.8. The van der Waals surface area contributed by atoms with Crippen LogP contribution in [0, 0.1) is 19.8 Å². The maximum absolute atomic E-state index is 9.10. The number of aliphatic hydroxyl groups is 1. The molecule has 1 rings (SSSR count). The largest absolute Gasteiger partial charge is 0.396 e. The zero-order chi connectivity index (χ0) is 16.7. The Morgan fingerprint density at radius 3 is 2.55 bits per heavy atom. The second-order valence-electron chi connectivity index (χ2n) is 6.03. The van der Waals surface area contributed by atoms with Crippen LogP contribution >= 0.6 is 0 Å². The van der Waals surface area contributed by atoms with Crippen LogP contribution in [0.1, 0.15) is 37.7 Å². The van der Waals surface area contributed by atoms with Gasteiger partial charge in [0.1, 0.15) is 0 Å². The van der Waals surface area contributed by atoms with E-state index in [-0.39, 0.29) is 18.6 Å². The van der Waals surface area contributed by atoms with Crippen LogP contribution in [0.5, 0.6) is 0 Å². The number of aromatic nitrogens is 2. The number of aliphatic hydroxyl groups excluding tert-OH is 1. The lowest BCUT2D eigenvalue weighted by Gasteiger charge is -2.18. The molecule has 0 radical (unpaired) electrons. The third kappa shape index (κ3) is 5.33. The molecule has 0 saturated carbocycles. The Balaban J connectivity index is 2.68. The molecule has 3 N–H and O–H groups in total. The van der Waals surface area contributed by atoms with E-state index in [4.69, 9.17) is 5.11 Å².